The topological polar surface area (TPSA) is 49.4 Å². The van der Waals surface area contributed by atoms with Gasteiger partial charge in [-0.15, -0.1) is 0 Å². The van der Waals surface area contributed by atoms with Crippen LogP contribution in [0.2, 0.25) is 0 Å². The standard InChI is InChI=1S/C18H32N2O2/c1-5-6-14-20(4)17(22)18(2,3)16(21)19-13-12-15-10-8-7-9-11-15/h10H,5-9,11-14H2,1-4H3,(H,19,21). The lowest BCUT2D eigenvalue weighted by molar-refractivity contribution is -0.147. The number of hydrogen-bond donors (Lipinski definition) is 1. The summed E-state index contributed by atoms with van der Waals surface area (Å²) in [4.78, 5) is 26.5. The lowest BCUT2D eigenvalue weighted by Crippen LogP contribution is -2.48. The van der Waals surface area contributed by atoms with E-state index in [0.717, 1.165) is 32.1 Å². The van der Waals surface area contributed by atoms with E-state index in [0.29, 0.717) is 13.1 Å². The summed E-state index contributed by atoms with van der Waals surface area (Å²) in [7, 11) is 1.78. The highest BCUT2D eigenvalue weighted by molar-refractivity contribution is 6.04. The first-order valence-corrected chi connectivity index (χ1v) is 8.61. The molecule has 2 amide bonds. The molecule has 0 aromatic carbocycles. The highest BCUT2D eigenvalue weighted by Crippen LogP contribution is 2.21. The van der Waals surface area contributed by atoms with Crippen molar-refractivity contribution < 1.29 is 9.59 Å². The predicted molar refractivity (Wildman–Crippen MR) is 90.5 cm³/mol. The molecule has 0 radical (unpaired) electrons. The first-order valence-electron chi connectivity index (χ1n) is 8.61. The van der Waals surface area contributed by atoms with E-state index in [4.69, 9.17) is 0 Å². The van der Waals surface area contributed by atoms with Gasteiger partial charge >= 0.3 is 0 Å². The van der Waals surface area contributed by atoms with Crippen LogP contribution in [0.4, 0.5) is 0 Å². The van der Waals surface area contributed by atoms with Gasteiger partial charge in [0, 0.05) is 20.1 Å². The molecule has 0 unspecified atom stereocenters. The van der Waals surface area contributed by atoms with Crippen LogP contribution in [-0.4, -0.2) is 36.9 Å². The minimum Gasteiger partial charge on any atom is -0.355 e. The summed E-state index contributed by atoms with van der Waals surface area (Å²) in [5.74, 6) is -0.271. The van der Waals surface area contributed by atoms with Gasteiger partial charge in [-0.3, -0.25) is 9.59 Å². The third kappa shape index (κ3) is 5.47. The highest BCUT2D eigenvalue weighted by atomic mass is 16.2. The molecule has 22 heavy (non-hydrogen) atoms. The molecular weight excluding hydrogens is 276 g/mol. The normalized spacial score (nSPS) is 15.2. The minimum atomic E-state index is -0.997. The second-order valence-corrected chi connectivity index (χ2v) is 6.82. The monoisotopic (exact) mass is 308 g/mol. The van der Waals surface area contributed by atoms with Gasteiger partial charge in [-0.05, 0) is 52.4 Å². The molecule has 1 aliphatic carbocycles. The summed E-state index contributed by atoms with van der Waals surface area (Å²) in [6.45, 7) is 6.86. The Labute approximate surface area is 135 Å². The SMILES string of the molecule is CCCCN(C)C(=O)C(C)(C)C(=O)NCCC1=CCCCC1. The van der Waals surface area contributed by atoms with Crippen molar-refractivity contribution in [3.05, 3.63) is 11.6 Å². The van der Waals surface area contributed by atoms with Crippen LogP contribution in [0.25, 0.3) is 0 Å². The second-order valence-electron chi connectivity index (χ2n) is 6.82. The number of rotatable bonds is 8. The van der Waals surface area contributed by atoms with Crippen molar-refractivity contribution >= 4 is 11.8 Å². The van der Waals surface area contributed by atoms with Gasteiger partial charge in [0.05, 0.1) is 0 Å². The molecule has 4 nitrogen and oxygen atoms in total. The molecule has 0 atom stereocenters. The number of hydrogen-bond acceptors (Lipinski definition) is 2. The molecule has 0 spiro atoms. The molecule has 1 aliphatic rings. The molecule has 0 bridgehead atoms. The van der Waals surface area contributed by atoms with Gasteiger partial charge in [0.1, 0.15) is 5.41 Å². The van der Waals surface area contributed by atoms with Crippen LogP contribution in [0, 0.1) is 5.41 Å². The maximum atomic E-state index is 12.4. The van der Waals surface area contributed by atoms with E-state index < -0.39 is 5.41 Å². The van der Waals surface area contributed by atoms with Gasteiger partial charge in [-0.1, -0.05) is 25.0 Å². The van der Waals surface area contributed by atoms with Crippen molar-refractivity contribution in [2.24, 2.45) is 5.41 Å². The second kappa shape index (κ2) is 8.96. The largest absolute Gasteiger partial charge is 0.355 e. The molecule has 0 aromatic heterocycles. The fraction of sp³-hybridized carbons (Fsp3) is 0.778. The summed E-state index contributed by atoms with van der Waals surface area (Å²) in [5, 5.41) is 2.93. The average molecular weight is 308 g/mol. The van der Waals surface area contributed by atoms with Crippen molar-refractivity contribution in [1.82, 2.24) is 10.2 Å². The van der Waals surface area contributed by atoms with Crippen LogP contribution < -0.4 is 5.32 Å². The van der Waals surface area contributed by atoms with Crippen molar-refractivity contribution in [2.75, 3.05) is 20.1 Å². The molecule has 1 rings (SSSR count). The van der Waals surface area contributed by atoms with E-state index in [-0.39, 0.29) is 11.8 Å². The van der Waals surface area contributed by atoms with E-state index in [9.17, 15) is 9.59 Å². The van der Waals surface area contributed by atoms with Crippen LogP contribution >= 0.6 is 0 Å². The maximum Gasteiger partial charge on any atom is 0.237 e. The van der Waals surface area contributed by atoms with Gasteiger partial charge in [0.25, 0.3) is 0 Å². The fourth-order valence-corrected chi connectivity index (χ4v) is 2.76. The molecule has 0 saturated heterocycles. The predicted octanol–water partition coefficient (Wildman–Crippen LogP) is 3.28. The Kier molecular flexibility index (Phi) is 7.63. The van der Waals surface area contributed by atoms with Crippen molar-refractivity contribution in [2.45, 2.75) is 65.7 Å². The zero-order valence-electron chi connectivity index (χ0n) is 14.7. The summed E-state index contributed by atoms with van der Waals surface area (Å²) in [6.07, 6.45) is 10.1. The summed E-state index contributed by atoms with van der Waals surface area (Å²) < 4.78 is 0. The molecular formula is C18H32N2O2. The Morgan fingerprint density at radius 3 is 2.64 bits per heavy atom. The molecule has 0 heterocycles. The van der Waals surface area contributed by atoms with Crippen LogP contribution in [0.1, 0.15) is 65.7 Å². The number of nitrogens with one attached hydrogen (secondary N) is 1. The molecule has 1 N–H and O–H groups in total. The molecule has 126 valence electrons. The number of amides is 2. The summed E-state index contributed by atoms with van der Waals surface area (Å²) in [5.41, 5.74) is 0.444. The third-order valence-electron chi connectivity index (χ3n) is 4.41. The van der Waals surface area contributed by atoms with Crippen LogP contribution in [0.3, 0.4) is 0 Å². The Hall–Kier alpha value is -1.32. The first-order chi connectivity index (χ1) is 10.4. The van der Waals surface area contributed by atoms with Gasteiger partial charge < -0.3 is 10.2 Å². The van der Waals surface area contributed by atoms with E-state index in [1.807, 2.05) is 0 Å². The third-order valence-corrected chi connectivity index (χ3v) is 4.41. The number of carbonyl (C=O) groups is 2. The molecule has 0 aromatic rings. The Morgan fingerprint density at radius 1 is 1.32 bits per heavy atom. The van der Waals surface area contributed by atoms with E-state index in [1.54, 1.807) is 25.8 Å². The zero-order chi connectivity index (χ0) is 16.6. The number of unbranched alkanes of at least 4 members (excludes halogenated alkanes) is 1. The zero-order valence-corrected chi connectivity index (χ0v) is 14.7. The maximum absolute atomic E-state index is 12.4. The van der Waals surface area contributed by atoms with Crippen molar-refractivity contribution in [1.29, 1.82) is 0 Å². The number of nitrogens with zero attached hydrogens (tertiary/aromatic N) is 1. The molecule has 0 fully saturated rings. The average Bonchev–Trinajstić information content (AvgIpc) is 2.52. The Balaban J connectivity index is 2.44. The van der Waals surface area contributed by atoms with Gasteiger partial charge in [0.2, 0.25) is 11.8 Å². The smallest absolute Gasteiger partial charge is 0.237 e. The minimum absolute atomic E-state index is 0.102. The molecule has 0 aliphatic heterocycles. The van der Waals surface area contributed by atoms with E-state index in [2.05, 4.69) is 18.3 Å². The van der Waals surface area contributed by atoms with Crippen LogP contribution in [0.5, 0.6) is 0 Å². The summed E-state index contributed by atoms with van der Waals surface area (Å²) in [6, 6.07) is 0. The molecule has 4 heteroatoms. The van der Waals surface area contributed by atoms with Gasteiger partial charge in [-0.2, -0.15) is 0 Å². The summed E-state index contributed by atoms with van der Waals surface area (Å²) >= 11 is 0. The van der Waals surface area contributed by atoms with Crippen molar-refractivity contribution in [3.8, 4) is 0 Å². The lowest BCUT2D eigenvalue weighted by Gasteiger charge is -2.28. The highest BCUT2D eigenvalue weighted by Gasteiger charge is 2.37. The van der Waals surface area contributed by atoms with Crippen LogP contribution in [-0.2, 0) is 9.59 Å². The number of carbonyl (C=O) groups excluding carboxylic acids is 2. The quantitative estimate of drug-likeness (QED) is 0.552. The van der Waals surface area contributed by atoms with Crippen molar-refractivity contribution in [3.63, 3.8) is 0 Å². The lowest BCUT2D eigenvalue weighted by atomic mass is 9.90. The Morgan fingerprint density at radius 2 is 2.05 bits per heavy atom. The number of allylic oxidation sites excluding steroid dienone is 1. The first kappa shape index (κ1) is 18.7. The van der Waals surface area contributed by atoms with E-state index >= 15 is 0 Å². The van der Waals surface area contributed by atoms with Gasteiger partial charge in [-0.25, -0.2) is 0 Å². The molecule has 0 saturated carbocycles. The Bertz CT molecular complexity index is 413. The van der Waals surface area contributed by atoms with Gasteiger partial charge in [0.15, 0.2) is 0 Å². The van der Waals surface area contributed by atoms with Crippen LogP contribution in [0.15, 0.2) is 11.6 Å². The fourth-order valence-electron chi connectivity index (χ4n) is 2.76. The van der Waals surface area contributed by atoms with E-state index in [1.165, 1.54) is 18.4 Å².